The number of nitrogens with one attached hydrogen (secondary N) is 2. The Hall–Kier alpha value is -5.28. The summed E-state index contributed by atoms with van der Waals surface area (Å²) in [5.41, 5.74) is 7.18. The number of amides is 2. The monoisotopic (exact) mass is 596 g/mol. The molecular weight excluding hydrogens is 568 g/mol. The van der Waals surface area contributed by atoms with Gasteiger partial charge in [-0.05, 0) is 116 Å². The summed E-state index contributed by atoms with van der Waals surface area (Å²) < 4.78 is 19.1. The van der Waals surface area contributed by atoms with Gasteiger partial charge in [-0.2, -0.15) is 5.10 Å². The Morgan fingerprint density at radius 3 is 2.19 bits per heavy atom. The summed E-state index contributed by atoms with van der Waals surface area (Å²) in [5, 5.41) is 7.30. The van der Waals surface area contributed by atoms with Gasteiger partial charge in [0.1, 0.15) is 23.9 Å². The Balaban J connectivity index is 1.05. The molecule has 3 aromatic carbocycles. The van der Waals surface area contributed by atoms with Crippen molar-refractivity contribution in [3.05, 3.63) is 131 Å². The van der Waals surface area contributed by atoms with Crippen LogP contribution in [0.15, 0.2) is 107 Å². The van der Waals surface area contributed by atoms with E-state index in [1.54, 1.807) is 60.7 Å². The second-order valence-electron chi connectivity index (χ2n) is 9.61. The van der Waals surface area contributed by atoms with Crippen LogP contribution in [0.5, 0.6) is 11.5 Å². The van der Waals surface area contributed by atoms with Crippen LogP contribution in [0.25, 0.3) is 5.69 Å². The normalized spacial score (nSPS) is 11.0. The number of halogens is 1. The highest BCUT2D eigenvalue weighted by Gasteiger charge is 2.11. The van der Waals surface area contributed by atoms with Crippen molar-refractivity contribution in [3.63, 3.8) is 0 Å². The minimum Gasteiger partial charge on any atom is -0.486 e. The predicted molar refractivity (Wildman–Crippen MR) is 165 cm³/mol. The van der Waals surface area contributed by atoms with Crippen LogP contribution in [0.4, 0.5) is 5.69 Å². The van der Waals surface area contributed by atoms with Gasteiger partial charge < -0.3 is 23.8 Å². The number of hydrogen-bond acceptors (Lipinski definition) is 6. The first-order valence-corrected chi connectivity index (χ1v) is 13.8. The number of nitrogens with zero attached hydrogens (tertiary/aromatic N) is 2. The minimum absolute atomic E-state index is 0.116. The molecule has 43 heavy (non-hydrogen) atoms. The van der Waals surface area contributed by atoms with Crippen LogP contribution in [0.2, 0.25) is 5.02 Å². The lowest BCUT2D eigenvalue weighted by Gasteiger charge is -2.10. The van der Waals surface area contributed by atoms with E-state index in [0.29, 0.717) is 28.0 Å². The molecule has 10 heteroatoms. The molecule has 0 saturated carbocycles. The molecule has 0 bridgehead atoms. The number of furan rings is 1. The lowest BCUT2D eigenvalue weighted by molar-refractivity contribution is -0.118. The molecule has 0 radical (unpaired) electrons. The smallest absolute Gasteiger partial charge is 0.307 e. The molecule has 9 nitrogen and oxygen atoms in total. The van der Waals surface area contributed by atoms with E-state index in [2.05, 4.69) is 46.4 Å². The van der Waals surface area contributed by atoms with Gasteiger partial charge in [-0.1, -0.05) is 11.6 Å². The summed E-state index contributed by atoms with van der Waals surface area (Å²) in [5.74, 6) is 1.04. The van der Waals surface area contributed by atoms with Crippen LogP contribution in [0.1, 0.15) is 33.3 Å². The van der Waals surface area contributed by atoms with E-state index in [1.165, 1.54) is 6.21 Å². The van der Waals surface area contributed by atoms with Crippen molar-refractivity contribution in [3.8, 4) is 17.2 Å². The van der Waals surface area contributed by atoms with Crippen LogP contribution < -0.4 is 20.2 Å². The molecule has 0 aliphatic rings. The number of hydrazone groups is 1. The quantitative estimate of drug-likeness (QED) is 0.130. The van der Waals surface area contributed by atoms with Crippen LogP contribution in [0, 0.1) is 13.8 Å². The first kappa shape index (κ1) is 29.2. The molecule has 5 rings (SSSR count). The lowest BCUT2D eigenvalue weighted by atomic mass is 10.2. The molecule has 0 saturated heterocycles. The Labute approximate surface area is 253 Å². The molecule has 0 atom stereocenters. The number of carbonyl (C=O) groups excluding carboxylic acids is 2. The van der Waals surface area contributed by atoms with Crippen LogP contribution >= 0.6 is 11.6 Å². The Morgan fingerprint density at radius 1 is 0.837 bits per heavy atom. The molecule has 0 fully saturated rings. The van der Waals surface area contributed by atoms with Gasteiger partial charge in [-0.25, -0.2) is 5.43 Å². The summed E-state index contributed by atoms with van der Waals surface area (Å²) in [4.78, 5) is 24.5. The molecule has 218 valence electrons. The number of ether oxygens (including phenoxy) is 2. The SMILES string of the molecule is Cc1ccc(C)n1-c1ccc(OCc2ccc(C(=O)N/N=C/c3ccc(OCC(=O)Nc4ccc(Cl)cc4)cc3)o2)cc1. The number of benzene rings is 3. The molecule has 2 aromatic heterocycles. The summed E-state index contributed by atoms with van der Waals surface area (Å²) in [6.45, 7) is 4.16. The topological polar surface area (TPSA) is 107 Å². The van der Waals surface area contributed by atoms with E-state index < -0.39 is 5.91 Å². The van der Waals surface area contributed by atoms with Gasteiger partial charge >= 0.3 is 5.91 Å². The highest BCUT2D eigenvalue weighted by molar-refractivity contribution is 6.30. The molecule has 0 spiro atoms. The molecule has 2 heterocycles. The maximum Gasteiger partial charge on any atom is 0.307 e. The minimum atomic E-state index is -0.490. The maximum atomic E-state index is 12.5. The van der Waals surface area contributed by atoms with Gasteiger partial charge in [0.05, 0.1) is 6.21 Å². The summed E-state index contributed by atoms with van der Waals surface area (Å²) >= 11 is 5.85. The van der Waals surface area contributed by atoms with E-state index in [0.717, 1.165) is 22.6 Å². The third-order valence-electron chi connectivity index (χ3n) is 6.39. The van der Waals surface area contributed by atoms with Crippen LogP contribution in [0.3, 0.4) is 0 Å². The lowest BCUT2D eigenvalue weighted by Crippen LogP contribution is -2.20. The number of rotatable bonds is 11. The van der Waals surface area contributed by atoms with Crippen molar-refractivity contribution in [2.75, 3.05) is 11.9 Å². The number of aromatic nitrogens is 1. The average molecular weight is 597 g/mol. The molecule has 2 amide bonds. The van der Waals surface area contributed by atoms with Gasteiger partial charge in [-0.3, -0.25) is 9.59 Å². The third-order valence-corrected chi connectivity index (χ3v) is 6.64. The zero-order valence-electron chi connectivity index (χ0n) is 23.5. The molecule has 0 unspecified atom stereocenters. The first-order chi connectivity index (χ1) is 20.8. The van der Waals surface area contributed by atoms with E-state index >= 15 is 0 Å². The number of aryl methyl sites for hydroxylation is 2. The van der Waals surface area contributed by atoms with Gasteiger partial charge in [0, 0.05) is 27.8 Å². The fourth-order valence-corrected chi connectivity index (χ4v) is 4.37. The fraction of sp³-hybridized carbons (Fsp3) is 0.121. The molecule has 5 aromatic rings. The number of anilines is 1. The zero-order valence-corrected chi connectivity index (χ0v) is 24.3. The van der Waals surface area contributed by atoms with Gasteiger partial charge in [0.25, 0.3) is 5.91 Å². The summed E-state index contributed by atoms with van der Waals surface area (Å²) in [6.07, 6.45) is 1.49. The molecule has 2 N–H and O–H groups in total. The van der Waals surface area contributed by atoms with Crippen molar-refractivity contribution < 1.29 is 23.5 Å². The number of hydrogen-bond donors (Lipinski definition) is 2. The van der Waals surface area contributed by atoms with Gasteiger partial charge in [-0.15, -0.1) is 0 Å². The fourth-order valence-electron chi connectivity index (χ4n) is 4.25. The standard InChI is InChI=1S/C33H29ClN4O5/c1-22-3-4-23(2)38(22)27-11-15-29(16-12-27)41-20-30-17-18-31(43-30)33(40)37-35-19-24-5-13-28(14-6-24)42-21-32(39)36-26-9-7-25(34)8-10-26/h3-19H,20-21H2,1-2H3,(H,36,39)(H,37,40)/b35-19+. The first-order valence-electron chi connectivity index (χ1n) is 13.4. The Bertz CT molecular complexity index is 1700. The Morgan fingerprint density at radius 2 is 1.49 bits per heavy atom. The number of carbonyl (C=O) groups is 2. The van der Waals surface area contributed by atoms with Crippen LogP contribution in [-0.4, -0.2) is 29.2 Å². The summed E-state index contributed by atoms with van der Waals surface area (Å²) in [7, 11) is 0. The largest absolute Gasteiger partial charge is 0.486 e. The Kier molecular flexibility index (Phi) is 9.23. The van der Waals surface area contributed by atoms with E-state index in [-0.39, 0.29) is 24.9 Å². The van der Waals surface area contributed by atoms with Gasteiger partial charge in [0.15, 0.2) is 12.4 Å². The van der Waals surface area contributed by atoms with Crippen molar-refractivity contribution in [1.29, 1.82) is 0 Å². The molecule has 0 aliphatic carbocycles. The van der Waals surface area contributed by atoms with Crippen molar-refractivity contribution in [1.82, 2.24) is 9.99 Å². The molecule has 0 aliphatic heterocycles. The maximum absolute atomic E-state index is 12.5. The second kappa shape index (κ2) is 13.6. The van der Waals surface area contributed by atoms with E-state index in [9.17, 15) is 9.59 Å². The predicted octanol–water partition coefficient (Wildman–Crippen LogP) is 6.70. The molecular formula is C33H29ClN4O5. The zero-order chi connectivity index (χ0) is 30.2. The third kappa shape index (κ3) is 7.93. The average Bonchev–Trinajstić information content (AvgIpc) is 3.63. The highest BCUT2D eigenvalue weighted by Crippen LogP contribution is 2.21. The second-order valence-corrected chi connectivity index (χ2v) is 10.0. The van der Waals surface area contributed by atoms with E-state index in [1.807, 2.05) is 24.3 Å². The van der Waals surface area contributed by atoms with Crippen LogP contribution in [-0.2, 0) is 11.4 Å². The van der Waals surface area contributed by atoms with Gasteiger partial charge in [0.2, 0.25) is 0 Å². The van der Waals surface area contributed by atoms with Crippen molar-refractivity contribution in [2.45, 2.75) is 20.5 Å². The highest BCUT2D eigenvalue weighted by atomic mass is 35.5. The van der Waals surface area contributed by atoms with Crippen molar-refractivity contribution >= 4 is 35.3 Å². The summed E-state index contributed by atoms with van der Waals surface area (Å²) in [6, 6.07) is 28.9. The van der Waals surface area contributed by atoms with E-state index in [4.69, 9.17) is 25.5 Å². The van der Waals surface area contributed by atoms with Crippen molar-refractivity contribution in [2.24, 2.45) is 5.10 Å².